The lowest BCUT2D eigenvalue weighted by Gasteiger charge is -2.07. The van der Waals surface area contributed by atoms with E-state index in [1.165, 1.54) is 0 Å². The highest BCUT2D eigenvalue weighted by Gasteiger charge is 2.30. The third-order valence-corrected chi connectivity index (χ3v) is 3.99. The Labute approximate surface area is 129 Å². The third-order valence-electron chi connectivity index (χ3n) is 2.91. The number of rotatable bonds is 9. The Morgan fingerprint density at radius 2 is 2.24 bits per heavy atom. The molecule has 1 unspecified atom stereocenters. The first-order valence-electron chi connectivity index (χ1n) is 7.26. The Morgan fingerprint density at radius 1 is 1.48 bits per heavy atom. The van der Waals surface area contributed by atoms with Gasteiger partial charge in [0.25, 0.3) is 0 Å². The summed E-state index contributed by atoms with van der Waals surface area (Å²) in [6.45, 7) is 4.23. The SMILES string of the molecule is CCCC=C(CCCC)N/N=C1/NC(=O)C(CC(=O)[O-])S1. The lowest BCUT2D eigenvalue weighted by atomic mass is 10.2. The van der Waals surface area contributed by atoms with Gasteiger partial charge in [-0.25, -0.2) is 0 Å². The minimum Gasteiger partial charge on any atom is -0.550 e. The van der Waals surface area contributed by atoms with Crippen LogP contribution in [0.3, 0.4) is 0 Å². The van der Waals surface area contributed by atoms with Gasteiger partial charge in [-0.1, -0.05) is 44.5 Å². The zero-order valence-corrected chi connectivity index (χ0v) is 13.3. The molecule has 0 aromatic rings. The number of unbranched alkanes of at least 4 members (excludes halogenated alkanes) is 2. The highest BCUT2D eigenvalue weighted by atomic mass is 32.2. The van der Waals surface area contributed by atoms with E-state index >= 15 is 0 Å². The fourth-order valence-corrected chi connectivity index (χ4v) is 2.67. The lowest BCUT2D eigenvalue weighted by Crippen LogP contribution is -2.31. The first kappa shape index (κ1) is 17.6. The lowest BCUT2D eigenvalue weighted by molar-refractivity contribution is -0.305. The molecule has 0 spiro atoms. The van der Waals surface area contributed by atoms with Gasteiger partial charge in [-0.2, -0.15) is 5.10 Å². The van der Waals surface area contributed by atoms with Gasteiger partial charge in [0.1, 0.15) is 0 Å². The quantitative estimate of drug-likeness (QED) is 0.622. The van der Waals surface area contributed by atoms with Crippen molar-refractivity contribution in [1.82, 2.24) is 10.7 Å². The maximum Gasteiger partial charge on any atom is 0.239 e. The zero-order chi connectivity index (χ0) is 15.7. The van der Waals surface area contributed by atoms with Gasteiger partial charge in [-0.05, 0) is 19.3 Å². The van der Waals surface area contributed by atoms with E-state index in [0.717, 1.165) is 49.6 Å². The molecule has 1 saturated heterocycles. The second-order valence-corrected chi connectivity index (χ2v) is 6.01. The highest BCUT2D eigenvalue weighted by Crippen LogP contribution is 2.21. The van der Waals surface area contributed by atoms with Crippen molar-refractivity contribution in [1.29, 1.82) is 0 Å². The summed E-state index contributed by atoms with van der Waals surface area (Å²) >= 11 is 1.12. The number of carboxylic acids is 1. The van der Waals surface area contributed by atoms with Crippen LogP contribution in [0.2, 0.25) is 0 Å². The molecule has 1 fully saturated rings. The Bertz CT molecular complexity index is 435. The van der Waals surface area contributed by atoms with E-state index in [1.807, 2.05) is 0 Å². The number of carboxylic acid groups (broad SMARTS) is 1. The molecular weight excluding hydrogens is 290 g/mol. The average molecular weight is 312 g/mol. The molecule has 1 heterocycles. The summed E-state index contributed by atoms with van der Waals surface area (Å²) in [4.78, 5) is 22.1. The van der Waals surface area contributed by atoms with E-state index in [4.69, 9.17) is 0 Å². The largest absolute Gasteiger partial charge is 0.550 e. The summed E-state index contributed by atoms with van der Waals surface area (Å²) in [6, 6.07) is 0. The van der Waals surface area contributed by atoms with Crippen LogP contribution in [-0.4, -0.2) is 22.3 Å². The van der Waals surface area contributed by atoms with Crippen LogP contribution in [0.4, 0.5) is 0 Å². The van der Waals surface area contributed by atoms with Crippen LogP contribution < -0.4 is 15.8 Å². The molecule has 1 amide bonds. The van der Waals surface area contributed by atoms with E-state index in [0.29, 0.717) is 5.17 Å². The van der Waals surface area contributed by atoms with Crippen molar-refractivity contribution in [3.63, 3.8) is 0 Å². The first-order valence-corrected chi connectivity index (χ1v) is 8.14. The number of allylic oxidation sites excluding steroid dienone is 2. The highest BCUT2D eigenvalue weighted by molar-refractivity contribution is 8.15. The smallest absolute Gasteiger partial charge is 0.239 e. The van der Waals surface area contributed by atoms with Crippen molar-refractivity contribution in [2.45, 2.75) is 57.6 Å². The van der Waals surface area contributed by atoms with Crippen molar-refractivity contribution in [3.05, 3.63) is 11.8 Å². The number of carbonyl (C=O) groups is 2. The molecule has 1 aliphatic heterocycles. The van der Waals surface area contributed by atoms with Gasteiger partial charge in [-0.15, -0.1) is 0 Å². The van der Waals surface area contributed by atoms with Crippen molar-refractivity contribution >= 4 is 28.8 Å². The Hall–Kier alpha value is -1.50. The van der Waals surface area contributed by atoms with Crippen LogP contribution in [0.5, 0.6) is 0 Å². The fraction of sp³-hybridized carbons (Fsp3) is 0.643. The van der Waals surface area contributed by atoms with Crippen LogP contribution in [0.15, 0.2) is 16.9 Å². The minimum atomic E-state index is -1.23. The maximum absolute atomic E-state index is 11.6. The number of aliphatic carboxylic acids is 1. The van der Waals surface area contributed by atoms with Gasteiger partial charge in [0, 0.05) is 18.1 Å². The van der Waals surface area contributed by atoms with Gasteiger partial charge < -0.3 is 15.2 Å². The Kier molecular flexibility index (Phi) is 7.89. The molecule has 0 aromatic heterocycles. The van der Waals surface area contributed by atoms with Crippen LogP contribution in [0.1, 0.15) is 52.4 Å². The molecule has 6 nitrogen and oxygen atoms in total. The molecule has 0 aliphatic carbocycles. The second kappa shape index (κ2) is 9.44. The monoisotopic (exact) mass is 312 g/mol. The molecule has 2 N–H and O–H groups in total. The van der Waals surface area contributed by atoms with Crippen LogP contribution in [-0.2, 0) is 9.59 Å². The van der Waals surface area contributed by atoms with Crippen molar-refractivity contribution < 1.29 is 14.7 Å². The summed E-state index contributed by atoms with van der Waals surface area (Å²) < 4.78 is 0. The predicted octanol–water partition coefficient (Wildman–Crippen LogP) is 1.09. The molecule has 0 radical (unpaired) electrons. The molecular formula is C14H22N3O3S-. The number of nitrogens with zero attached hydrogens (tertiary/aromatic N) is 1. The van der Waals surface area contributed by atoms with Crippen LogP contribution in [0.25, 0.3) is 0 Å². The molecule has 7 heteroatoms. The summed E-state index contributed by atoms with van der Waals surface area (Å²) in [5, 5.41) is 17.0. The first-order chi connectivity index (χ1) is 10.1. The average Bonchev–Trinajstić information content (AvgIpc) is 2.77. The molecule has 0 aromatic carbocycles. The van der Waals surface area contributed by atoms with E-state index in [9.17, 15) is 14.7 Å². The van der Waals surface area contributed by atoms with Crippen molar-refractivity contribution in [3.8, 4) is 0 Å². The van der Waals surface area contributed by atoms with Gasteiger partial charge in [0.2, 0.25) is 5.91 Å². The molecule has 0 saturated carbocycles. The number of amidine groups is 1. The number of hydrogen-bond donors (Lipinski definition) is 2. The van der Waals surface area contributed by atoms with E-state index in [-0.39, 0.29) is 12.3 Å². The van der Waals surface area contributed by atoms with E-state index in [2.05, 4.69) is 35.8 Å². The predicted molar refractivity (Wildman–Crippen MR) is 82.2 cm³/mol. The summed E-state index contributed by atoms with van der Waals surface area (Å²) in [5.74, 6) is -1.57. The molecule has 118 valence electrons. The summed E-state index contributed by atoms with van der Waals surface area (Å²) in [5.41, 5.74) is 4.01. The van der Waals surface area contributed by atoms with Crippen LogP contribution in [0, 0.1) is 0 Å². The van der Waals surface area contributed by atoms with Crippen LogP contribution >= 0.6 is 11.8 Å². The molecule has 21 heavy (non-hydrogen) atoms. The summed E-state index contributed by atoms with van der Waals surface area (Å²) in [6.07, 6.45) is 6.93. The standard InChI is InChI=1S/C14H23N3O3S/c1-3-5-7-10(8-6-4-2)16-17-14-15-13(20)11(21-14)9-12(18)19/h7,11,16H,3-6,8-9H2,1-2H3,(H,18,19)(H,15,17,20)/p-1. The molecule has 1 rings (SSSR count). The van der Waals surface area contributed by atoms with Gasteiger partial charge in [0.05, 0.1) is 5.25 Å². The topological polar surface area (TPSA) is 93.6 Å². The Morgan fingerprint density at radius 3 is 2.86 bits per heavy atom. The number of nitrogens with one attached hydrogen (secondary N) is 2. The number of carbonyl (C=O) groups excluding carboxylic acids is 2. The number of thioether (sulfide) groups is 1. The van der Waals surface area contributed by atoms with Gasteiger partial charge in [0.15, 0.2) is 5.17 Å². The number of hydrazone groups is 1. The minimum absolute atomic E-state index is 0.302. The van der Waals surface area contributed by atoms with Gasteiger partial charge in [-0.3, -0.25) is 10.2 Å². The Balaban J connectivity index is 2.57. The number of amides is 1. The number of hydrogen-bond acceptors (Lipinski definition) is 6. The van der Waals surface area contributed by atoms with E-state index < -0.39 is 11.2 Å². The molecule has 1 aliphatic rings. The van der Waals surface area contributed by atoms with Crippen molar-refractivity contribution in [2.24, 2.45) is 5.10 Å². The maximum atomic E-state index is 11.6. The second-order valence-electron chi connectivity index (χ2n) is 4.82. The molecule has 1 atom stereocenters. The van der Waals surface area contributed by atoms with Crippen molar-refractivity contribution in [2.75, 3.05) is 0 Å². The third kappa shape index (κ3) is 6.66. The summed E-state index contributed by atoms with van der Waals surface area (Å²) in [7, 11) is 0. The normalized spacial score (nSPS) is 20.7. The van der Waals surface area contributed by atoms with E-state index in [1.54, 1.807) is 0 Å². The van der Waals surface area contributed by atoms with Gasteiger partial charge >= 0.3 is 0 Å². The fourth-order valence-electron chi connectivity index (χ4n) is 1.76. The zero-order valence-electron chi connectivity index (χ0n) is 12.5. The molecule has 0 bridgehead atoms.